The molecule has 0 saturated carbocycles. The zero-order chi connectivity index (χ0) is 16.4. The quantitative estimate of drug-likeness (QED) is 0.797. The summed E-state index contributed by atoms with van der Waals surface area (Å²) in [4.78, 5) is 9.38. The van der Waals surface area contributed by atoms with E-state index in [0.29, 0.717) is 0 Å². The molecule has 1 N–H and O–H groups in total. The van der Waals surface area contributed by atoms with Gasteiger partial charge >= 0.3 is 0 Å². The Balaban J connectivity index is 1.62. The van der Waals surface area contributed by atoms with Crippen molar-refractivity contribution >= 4 is 5.82 Å². The van der Waals surface area contributed by atoms with Crippen LogP contribution in [0.25, 0.3) is 11.4 Å². The Morgan fingerprint density at radius 1 is 1.04 bits per heavy atom. The zero-order valence-corrected chi connectivity index (χ0v) is 13.6. The number of aryl methyl sites for hydroxylation is 2. The van der Waals surface area contributed by atoms with Gasteiger partial charge in [-0.25, -0.2) is 9.97 Å². The lowest BCUT2D eigenvalue weighted by molar-refractivity contribution is 0.582. The summed E-state index contributed by atoms with van der Waals surface area (Å²) in [7, 11) is 0. The predicted octanol–water partition coefficient (Wildman–Crippen LogP) is 3.73. The Morgan fingerprint density at radius 2 is 1.92 bits per heavy atom. The fraction of sp³-hybridized carbons (Fsp3) is 0.263. The maximum absolute atomic E-state index is 4.80. The lowest BCUT2D eigenvalue weighted by Crippen LogP contribution is -2.20. The van der Waals surface area contributed by atoms with Gasteiger partial charge in [-0.05, 0) is 38.3 Å². The van der Waals surface area contributed by atoms with Gasteiger partial charge < -0.3 is 5.32 Å². The molecule has 0 unspecified atom stereocenters. The summed E-state index contributed by atoms with van der Waals surface area (Å²) in [6.45, 7) is 1.94. The number of benzene rings is 1. The highest BCUT2D eigenvalue weighted by atomic mass is 15.2. The second kappa shape index (κ2) is 6.35. The molecule has 0 amide bonds. The monoisotopic (exact) mass is 317 g/mol. The summed E-state index contributed by atoms with van der Waals surface area (Å²) < 4.78 is 0. The number of anilines is 1. The molecule has 3 aromatic rings. The first-order valence-electron chi connectivity index (χ1n) is 8.28. The van der Waals surface area contributed by atoms with Crippen LogP contribution in [0, 0.1) is 6.92 Å². The summed E-state index contributed by atoms with van der Waals surface area (Å²) in [6.07, 6.45) is 5.12. The maximum atomic E-state index is 4.80. The first-order valence-corrected chi connectivity index (χ1v) is 8.28. The number of nitrogens with one attached hydrogen (secondary N) is 1. The molecule has 0 radical (unpaired) electrons. The van der Waals surface area contributed by atoms with Crippen molar-refractivity contribution in [2.75, 3.05) is 5.32 Å². The number of nitrogens with zero attached hydrogens (tertiary/aromatic N) is 4. The second-order valence-corrected chi connectivity index (χ2v) is 6.11. The number of hydrogen-bond donors (Lipinski definition) is 1. The van der Waals surface area contributed by atoms with E-state index in [1.165, 1.54) is 5.56 Å². The molecule has 2 aromatic heterocycles. The van der Waals surface area contributed by atoms with Gasteiger partial charge in [-0.1, -0.05) is 30.3 Å². The molecule has 0 spiro atoms. The molecule has 0 aliphatic heterocycles. The van der Waals surface area contributed by atoms with Gasteiger partial charge in [0.05, 0.1) is 11.7 Å². The lowest BCUT2D eigenvalue weighted by atomic mass is 9.92. The van der Waals surface area contributed by atoms with Crippen LogP contribution in [-0.4, -0.2) is 20.2 Å². The summed E-state index contributed by atoms with van der Waals surface area (Å²) in [5.41, 5.74) is 4.27. The minimum absolute atomic E-state index is 0.190. The first kappa shape index (κ1) is 14.8. The third kappa shape index (κ3) is 2.97. The van der Waals surface area contributed by atoms with Gasteiger partial charge in [0, 0.05) is 23.0 Å². The lowest BCUT2D eigenvalue weighted by Gasteiger charge is -2.25. The van der Waals surface area contributed by atoms with Crippen LogP contribution in [0.15, 0.2) is 48.7 Å². The molecule has 120 valence electrons. The summed E-state index contributed by atoms with van der Waals surface area (Å²) >= 11 is 0. The van der Waals surface area contributed by atoms with Crippen LogP contribution in [-0.2, 0) is 6.42 Å². The topological polar surface area (TPSA) is 63.6 Å². The molecule has 5 heteroatoms. The predicted molar refractivity (Wildman–Crippen MR) is 93.5 cm³/mol. The minimum Gasteiger partial charge on any atom is -0.362 e. The zero-order valence-electron chi connectivity index (χ0n) is 13.6. The molecule has 1 aromatic carbocycles. The van der Waals surface area contributed by atoms with E-state index < -0.39 is 0 Å². The Kier molecular flexibility index (Phi) is 3.91. The highest BCUT2D eigenvalue weighted by molar-refractivity contribution is 5.55. The van der Waals surface area contributed by atoms with Gasteiger partial charge in [0.2, 0.25) is 0 Å². The van der Waals surface area contributed by atoms with E-state index in [2.05, 4.69) is 20.5 Å². The van der Waals surface area contributed by atoms with Crippen molar-refractivity contribution in [2.24, 2.45) is 0 Å². The van der Waals surface area contributed by atoms with Crippen molar-refractivity contribution in [3.05, 3.63) is 65.6 Å². The third-order valence-corrected chi connectivity index (χ3v) is 4.33. The average Bonchev–Trinajstić information content (AvgIpc) is 2.64. The molecule has 24 heavy (non-hydrogen) atoms. The van der Waals surface area contributed by atoms with Gasteiger partial charge in [0.15, 0.2) is 5.82 Å². The molecule has 1 atom stereocenters. The molecule has 4 rings (SSSR count). The molecule has 0 saturated heterocycles. The fourth-order valence-corrected chi connectivity index (χ4v) is 3.08. The molecule has 1 aliphatic rings. The Morgan fingerprint density at radius 3 is 2.71 bits per heavy atom. The van der Waals surface area contributed by atoms with Gasteiger partial charge in [-0.3, -0.25) is 0 Å². The van der Waals surface area contributed by atoms with Crippen LogP contribution in [0.1, 0.15) is 35.8 Å². The van der Waals surface area contributed by atoms with Gasteiger partial charge in [-0.15, -0.1) is 5.10 Å². The number of hydrogen-bond acceptors (Lipinski definition) is 5. The molecule has 2 heterocycles. The first-order chi connectivity index (χ1) is 11.8. The van der Waals surface area contributed by atoms with E-state index in [-0.39, 0.29) is 6.04 Å². The fourth-order valence-electron chi connectivity index (χ4n) is 3.08. The van der Waals surface area contributed by atoms with E-state index in [1.54, 1.807) is 0 Å². The van der Waals surface area contributed by atoms with Crippen molar-refractivity contribution in [3.63, 3.8) is 0 Å². The highest BCUT2D eigenvalue weighted by Gasteiger charge is 2.22. The Hall–Kier alpha value is -2.82. The smallest absolute Gasteiger partial charge is 0.159 e. The summed E-state index contributed by atoms with van der Waals surface area (Å²) in [5, 5.41) is 11.8. The van der Waals surface area contributed by atoms with Crippen molar-refractivity contribution in [3.8, 4) is 11.4 Å². The van der Waals surface area contributed by atoms with Gasteiger partial charge in [-0.2, -0.15) is 5.10 Å². The van der Waals surface area contributed by atoms with Gasteiger partial charge in [0.1, 0.15) is 5.82 Å². The van der Waals surface area contributed by atoms with Crippen LogP contribution in [0.4, 0.5) is 5.82 Å². The maximum Gasteiger partial charge on any atom is 0.159 e. The molecule has 5 nitrogen and oxygen atoms in total. The normalized spacial score (nSPS) is 16.5. The van der Waals surface area contributed by atoms with Gasteiger partial charge in [0.25, 0.3) is 0 Å². The molecule has 0 fully saturated rings. The standard InChI is InChI=1S/C19H19N5/c1-13-10-11-18(24-23-13)21-16-8-5-9-17-15(16)12-20-19(22-17)14-6-3-2-4-7-14/h2-4,6-7,10-12,16H,5,8-9H2,1H3,(H,21,24)/t16-/m1/s1. The van der Waals surface area contributed by atoms with Crippen molar-refractivity contribution in [2.45, 2.75) is 32.2 Å². The van der Waals surface area contributed by atoms with Crippen LogP contribution < -0.4 is 5.32 Å². The average molecular weight is 317 g/mol. The van der Waals surface area contributed by atoms with E-state index in [0.717, 1.165) is 47.9 Å². The number of rotatable bonds is 3. The SMILES string of the molecule is Cc1ccc(N[C@@H]2CCCc3nc(-c4ccccc4)ncc32)nn1. The van der Waals surface area contributed by atoms with Crippen LogP contribution in [0.2, 0.25) is 0 Å². The van der Waals surface area contributed by atoms with Crippen LogP contribution >= 0.6 is 0 Å². The van der Waals surface area contributed by atoms with E-state index in [9.17, 15) is 0 Å². The van der Waals surface area contributed by atoms with E-state index >= 15 is 0 Å². The summed E-state index contributed by atoms with van der Waals surface area (Å²) in [5.74, 6) is 1.59. The highest BCUT2D eigenvalue weighted by Crippen LogP contribution is 2.31. The summed E-state index contributed by atoms with van der Waals surface area (Å²) in [6, 6.07) is 14.2. The number of fused-ring (bicyclic) bond motifs is 1. The Labute approximate surface area is 141 Å². The molecular weight excluding hydrogens is 298 g/mol. The molecule has 1 aliphatic carbocycles. The van der Waals surface area contributed by atoms with Crippen molar-refractivity contribution < 1.29 is 0 Å². The largest absolute Gasteiger partial charge is 0.362 e. The number of aromatic nitrogens is 4. The second-order valence-electron chi connectivity index (χ2n) is 6.11. The third-order valence-electron chi connectivity index (χ3n) is 4.33. The van der Waals surface area contributed by atoms with E-state index in [1.807, 2.05) is 55.6 Å². The van der Waals surface area contributed by atoms with E-state index in [4.69, 9.17) is 4.98 Å². The van der Waals surface area contributed by atoms with Crippen molar-refractivity contribution in [1.82, 2.24) is 20.2 Å². The molecule has 0 bridgehead atoms. The minimum atomic E-state index is 0.190. The van der Waals surface area contributed by atoms with Crippen molar-refractivity contribution in [1.29, 1.82) is 0 Å². The Bertz CT molecular complexity index is 830. The van der Waals surface area contributed by atoms with Crippen LogP contribution in [0.5, 0.6) is 0 Å². The van der Waals surface area contributed by atoms with Crippen LogP contribution in [0.3, 0.4) is 0 Å². The molecular formula is C19H19N5.